The monoisotopic (exact) mass is 333 g/mol. The number of fused-ring (bicyclic) bond motifs is 1. The zero-order valence-electron chi connectivity index (χ0n) is 14.6. The zero-order valence-corrected chi connectivity index (χ0v) is 14.6. The lowest BCUT2D eigenvalue weighted by molar-refractivity contribution is 0.341. The van der Waals surface area contributed by atoms with Gasteiger partial charge in [0.15, 0.2) is 11.2 Å². The van der Waals surface area contributed by atoms with Crippen LogP contribution >= 0.6 is 0 Å². The first-order valence-electron chi connectivity index (χ1n) is 8.91. The summed E-state index contributed by atoms with van der Waals surface area (Å²) in [5.74, 6) is 0.828. The minimum Gasteiger partial charge on any atom is -0.325 e. The molecule has 0 aromatic carbocycles. The first-order chi connectivity index (χ1) is 11.6. The highest BCUT2D eigenvalue weighted by atomic mass is 16.2. The first kappa shape index (κ1) is 17.0. The van der Waals surface area contributed by atoms with Crippen LogP contribution in [0.5, 0.6) is 0 Å². The second kappa shape index (κ2) is 7.34. The van der Waals surface area contributed by atoms with Crippen LogP contribution < -0.4 is 16.6 Å². The molecule has 3 rings (SSSR count). The summed E-state index contributed by atoms with van der Waals surface area (Å²) in [5.41, 5.74) is 0.345. The maximum atomic E-state index is 12.4. The Balaban J connectivity index is 1.60. The second-order valence-corrected chi connectivity index (χ2v) is 6.88. The van der Waals surface area contributed by atoms with Crippen LogP contribution in [-0.4, -0.2) is 31.8 Å². The van der Waals surface area contributed by atoms with Gasteiger partial charge in [-0.25, -0.2) is 9.78 Å². The van der Waals surface area contributed by atoms with Gasteiger partial charge in [-0.1, -0.05) is 19.3 Å². The van der Waals surface area contributed by atoms with E-state index in [1.165, 1.54) is 43.7 Å². The summed E-state index contributed by atoms with van der Waals surface area (Å²) in [5, 5.41) is 3.54. The topological polar surface area (TPSA) is 73.8 Å². The molecule has 0 saturated heterocycles. The number of nitrogens with one attached hydrogen (secondary N) is 1. The summed E-state index contributed by atoms with van der Waals surface area (Å²) < 4.78 is 4.43. The fourth-order valence-corrected chi connectivity index (χ4v) is 3.64. The third kappa shape index (κ3) is 3.31. The van der Waals surface area contributed by atoms with Gasteiger partial charge in [0.25, 0.3) is 5.56 Å². The van der Waals surface area contributed by atoms with Gasteiger partial charge in [0, 0.05) is 20.6 Å². The van der Waals surface area contributed by atoms with Crippen LogP contribution in [-0.2, 0) is 20.6 Å². The molecule has 2 heterocycles. The van der Waals surface area contributed by atoms with Crippen molar-refractivity contribution >= 4 is 11.2 Å². The Morgan fingerprint density at radius 2 is 1.92 bits per heavy atom. The molecule has 2 aromatic rings. The van der Waals surface area contributed by atoms with E-state index in [0.717, 1.165) is 36.5 Å². The van der Waals surface area contributed by atoms with Crippen LogP contribution in [0, 0.1) is 5.92 Å². The molecule has 7 nitrogen and oxygen atoms in total. The lowest BCUT2D eigenvalue weighted by Crippen LogP contribution is -2.37. The molecule has 1 fully saturated rings. The molecule has 1 N–H and O–H groups in total. The SMILES string of the molecule is Cn1c(=O)c2c(ncn2CCCNCC2CCCCC2)n(C)c1=O. The predicted molar refractivity (Wildman–Crippen MR) is 94.3 cm³/mol. The highest BCUT2D eigenvalue weighted by molar-refractivity contribution is 5.69. The van der Waals surface area contributed by atoms with Gasteiger partial charge < -0.3 is 9.88 Å². The van der Waals surface area contributed by atoms with Crippen molar-refractivity contribution in [1.82, 2.24) is 24.0 Å². The van der Waals surface area contributed by atoms with Gasteiger partial charge in [0.2, 0.25) is 0 Å². The van der Waals surface area contributed by atoms with Gasteiger partial charge >= 0.3 is 5.69 Å². The van der Waals surface area contributed by atoms with E-state index in [1.807, 2.05) is 4.57 Å². The molecule has 0 amide bonds. The molecule has 0 atom stereocenters. The maximum Gasteiger partial charge on any atom is 0.332 e. The van der Waals surface area contributed by atoms with E-state index in [9.17, 15) is 9.59 Å². The zero-order chi connectivity index (χ0) is 17.1. The summed E-state index contributed by atoms with van der Waals surface area (Å²) in [4.78, 5) is 28.5. The van der Waals surface area contributed by atoms with Crippen molar-refractivity contribution in [3.8, 4) is 0 Å². The molecule has 1 aliphatic rings. The second-order valence-electron chi connectivity index (χ2n) is 6.88. The van der Waals surface area contributed by atoms with Crippen LogP contribution in [0.1, 0.15) is 38.5 Å². The highest BCUT2D eigenvalue weighted by Crippen LogP contribution is 2.22. The van der Waals surface area contributed by atoms with Crippen LogP contribution in [0.25, 0.3) is 11.2 Å². The number of rotatable bonds is 6. The summed E-state index contributed by atoms with van der Waals surface area (Å²) in [6.45, 7) is 2.75. The van der Waals surface area contributed by atoms with Crippen molar-refractivity contribution in [3.05, 3.63) is 27.2 Å². The Kier molecular flexibility index (Phi) is 5.18. The standard InChI is InChI=1S/C17H27N5O2/c1-20-15-14(16(23)21(2)17(20)24)22(12-19-15)10-6-9-18-11-13-7-4-3-5-8-13/h12-13,18H,3-11H2,1-2H3. The quantitative estimate of drug-likeness (QED) is 0.800. The Morgan fingerprint density at radius 1 is 1.17 bits per heavy atom. The number of hydrogen-bond donors (Lipinski definition) is 1. The Bertz CT molecular complexity index is 811. The molecular weight excluding hydrogens is 306 g/mol. The molecule has 0 bridgehead atoms. The van der Waals surface area contributed by atoms with Crippen LogP contribution in [0.4, 0.5) is 0 Å². The minimum absolute atomic E-state index is 0.277. The predicted octanol–water partition coefficient (Wildman–Crippen LogP) is 0.994. The van der Waals surface area contributed by atoms with Gasteiger partial charge in [-0.15, -0.1) is 0 Å². The van der Waals surface area contributed by atoms with Crippen molar-refractivity contribution in [2.24, 2.45) is 20.0 Å². The smallest absolute Gasteiger partial charge is 0.325 e. The molecule has 0 radical (unpaired) electrons. The third-order valence-corrected chi connectivity index (χ3v) is 5.13. The number of hydrogen-bond acceptors (Lipinski definition) is 4. The van der Waals surface area contributed by atoms with Gasteiger partial charge in [0.1, 0.15) is 0 Å². The molecule has 1 aliphatic carbocycles. The number of imidazole rings is 1. The molecular formula is C17H27N5O2. The summed E-state index contributed by atoms with van der Waals surface area (Å²) >= 11 is 0. The number of aryl methyl sites for hydroxylation is 2. The molecule has 0 aliphatic heterocycles. The Morgan fingerprint density at radius 3 is 2.67 bits per heavy atom. The van der Waals surface area contributed by atoms with Crippen molar-refractivity contribution in [3.63, 3.8) is 0 Å². The molecule has 0 unspecified atom stereocenters. The van der Waals surface area contributed by atoms with E-state index in [0.29, 0.717) is 11.2 Å². The van der Waals surface area contributed by atoms with Crippen LogP contribution in [0.15, 0.2) is 15.9 Å². The lowest BCUT2D eigenvalue weighted by atomic mass is 9.89. The van der Waals surface area contributed by atoms with E-state index in [4.69, 9.17) is 0 Å². The van der Waals surface area contributed by atoms with Gasteiger partial charge in [-0.3, -0.25) is 13.9 Å². The Labute approximate surface area is 141 Å². The van der Waals surface area contributed by atoms with Crippen molar-refractivity contribution in [1.29, 1.82) is 0 Å². The van der Waals surface area contributed by atoms with Crippen LogP contribution in [0.2, 0.25) is 0 Å². The molecule has 132 valence electrons. The summed E-state index contributed by atoms with van der Waals surface area (Å²) in [6.07, 6.45) is 9.43. The Hall–Kier alpha value is -1.89. The van der Waals surface area contributed by atoms with Crippen molar-refractivity contribution in [2.75, 3.05) is 13.1 Å². The fourth-order valence-electron chi connectivity index (χ4n) is 3.64. The summed E-state index contributed by atoms with van der Waals surface area (Å²) in [6, 6.07) is 0. The van der Waals surface area contributed by atoms with E-state index < -0.39 is 0 Å². The van der Waals surface area contributed by atoms with Crippen molar-refractivity contribution < 1.29 is 0 Å². The number of nitrogens with zero attached hydrogens (tertiary/aromatic N) is 4. The normalized spacial score (nSPS) is 16.1. The average Bonchev–Trinajstić information content (AvgIpc) is 3.03. The molecule has 24 heavy (non-hydrogen) atoms. The average molecular weight is 333 g/mol. The van der Waals surface area contributed by atoms with Crippen molar-refractivity contribution in [2.45, 2.75) is 45.1 Å². The molecule has 7 heteroatoms. The molecule has 1 saturated carbocycles. The lowest BCUT2D eigenvalue weighted by Gasteiger charge is -2.21. The van der Waals surface area contributed by atoms with Gasteiger partial charge in [-0.2, -0.15) is 0 Å². The maximum absolute atomic E-state index is 12.4. The molecule has 2 aromatic heterocycles. The molecule has 0 spiro atoms. The third-order valence-electron chi connectivity index (χ3n) is 5.13. The van der Waals surface area contributed by atoms with Gasteiger partial charge in [-0.05, 0) is 38.3 Å². The largest absolute Gasteiger partial charge is 0.332 e. The van der Waals surface area contributed by atoms with E-state index in [-0.39, 0.29) is 11.2 Å². The van der Waals surface area contributed by atoms with E-state index >= 15 is 0 Å². The minimum atomic E-state index is -0.341. The highest BCUT2D eigenvalue weighted by Gasteiger charge is 2.14. The van der Waals surface area contributed by atoms with E-state index in [2.05, 4.69) is 10.3 Å². The number of aromatic nitrogens is 4. The summed E-state index contributed by atoms with van der Waals surface area (Å²) in [7, 11) is 3.15. The van der Waals surface area contributed by atoms with E-state index in [1.54, 1.807) is 13.4 Å². The van der Waals surface area contributed by atoms with Crippen LogP contribution in [0.3, 0.4) is 0 Å². The fraction of sp³-hybridized carbons (Fsp3) is 0.706. The van der Waals surface area contributed by atoms with Gasteiger partial charge in [0.05, 0.1) is 6.33 Å². The first-order valence-corrected chi connectivity index (χ1v) is 8.91.